The summed E-state index contributed by atoms with van der Waals surface area (Å²) in [6.07, 6.45) is -3.47. The van der Waals surface area contributed by atoms with E-state index >= 15 is 0 Å². The molecule has 0 bridgehead atoms. The molecule has 19 heavy (non-hydrogen) atoms. The van der Waals surface area contributed by atoms with Gasteiger partial charge in [0.05, 0.1) is 32.3 Å². The number of hydrogen-bond donors (Lipinski definition) is 2. The van der Waals surface area contributed by atoms with Crippen molar-refractivity contribution in [3.05, 3.63) is 11.6 Å². The first-order valence-corrected chi connectivity index (χ1v) is 6.24. The Kier molecular flexibility index (Phi) is 6.78. The second-order valence-electron chi connectivity index (χ2n) is 4.64. The number of rotatable bonds is 7. The molecule has 0 unspecified atom stereocenters. The van der Waals surface area contributed by atoms with Gasteiger partial charge in [0.2, 0.25) is 0 Å². The molecule has 0 aromatic heterocycles. The van der Waals surface area contributed by atoms with Gasteiger partial charge in [0.1, 0.15) is 0 Å². The number of aliphatic hydroxyl groups excluding tert-OH is 2. The third-order valence-corrected chi connectivity index (χ3v) is 2.80. The van der Waals surface area contributed by atoms with Gasteiger partial charge in [0.15, 0.2) is 0 Å². The number of hydrogen-bond acceptors (Lipinski definition) is 4. The molecular weight excluding hydrogens is 263 g/mol. The van der Waals surface area contributed by atoms with E-state index in [1.54, 1.807) is 0 Å². The fourth-order valence-electron chi connectivity index (χ4n) is 1.88. The Bertz CT molecular complexity index is 294. The van der Waals surface area contributed by atoms with Crippen LogP contribution in [0.1, 0.15) is 12.8 Å². The molecule has 0 amide bonds. The summed E-state index contributed by atoms with van der Waals surface area (Å²) >= 11 is 0. The summed E-state index contributed by atoms with van der Waals surface area (Å²) in [6.45, 7) is 0.732. The highest BCUT2D eigenvalue weighted by molar-refractivity contribution is 5.07. The van der Waals surface area contributed by atoms with Crippen molar-refractivity contribution in [3.8, 4) is 0 Å². The fraction of sp³-hybridized carbons (Fsp3) is 0.833. The zero-order valence-corrected chi connectivity index (χ0v) is 10.7. The van der Waals surface area contributed by atoms with Gasteiger partial charge in [-0.05, 0) is 12.0 Å². The molecule has 0 aromatic rings. The Morgan fingerprint density at radius 3 is 2.68 bits per heavy atom. The molecule has 112 valence electrons. The quantitative estimate of drug-likeness (QED) is 0.683. The van der Waals surface area contributed by atoms with E-state index < -0.39 is 25.3 Å². The van der Waals surface area contributed by atoms with Crippen LogP contribution >= 0.6 is 0 Å². The molecule has 1 aliphatic rings. The smallest absolute Gasteiger partial charge is 0.390 e. The molecule has 0 fully saturated rings. The summed E-state index contributed by atoms with van der Waals surface area (Å²) in [5.74, 6) is 0. The van der Waals surface area contributed by atoms with Gasteiger partial charge in [0, 0.05) is 19.6 Å². The van der Waals surface area contributed by atoms with Gasteiger partial charge < -0.3 is 14.9 Å². The molecular formula is C12H20F3NO3. The predicted molar refractivity (Wildman–Crippen MR) is 63.7 cm³/mol. The van der Waals surface area contributed by atoms with Crippen molar-refractivity contribution in [1.29, 1.82) is 0 Å². The molecule has 1 rings (SSSR count). The summed E-state index contributed by atoms with van der Waals surface area (Å²) in [6, 6.07) is 0. The highest BCUT2D eigenvalue weighted by atomic mass is 19.4. The van der Waals surface area contributed by atoms with Crippen molar-refractivity contribution >= 4 is 0 Å². The molecule has 4 nitrogen and oxygen atoms in total. The Balaban J connectivity index is 2.50. The SMILES string of the molecule is OC[C@@H](O)CN(CCC(F)(F)F)CC1=CCCOC1. The van der Waals surface area contributed by atoms with Crippen LogP contribution in [0.15, 0.2) is 11.6 Å². The van der Waals surface area contributed by atoms with Gasteiger partial charge in [-0.1, -0.05) is 6.08 Å². The van der Waals surface area contributed by atoms with Crippen molar-refractivity contribution < 1.29 is 28.1 Å². The fourth-order valence-corrected chi connectivity index (χ4v) is 1.88. The highest BCUT2D eigenvalue weighted by Crippen LogP contribution is 2.20. The molecule has 0 saturated carbocycles. The van der Waals surface area contributed by atoms with Crippen LogP contribution in [0.25, 0.3) is 0 Å². The lowest BCUT2D eigenvalue weighted by atomic mass is 10.1. The van der Waals surface area contributed by atoms with Gasteiger partial charge in [-0.2, -0.15) is 13.2 Å². The maximum Gasteiger partial charge on any atom is 0.390 e. The van der Waals surface area contributed by atoms with Crippen molar-refractivity contribution in [2.45, 2.75) is 25.1 Å². The zero-order valence-electron chi connectivity index (χ0n) is 10.7. The van der Waals surface area contributed by atoms with Crippen LogP contribution in [-0.2, 0) is 4.74 Å². The number of halogens is 3. The largest absolute Gasteiger partial charge is 0.394 e. The standard InChI is InChI=1S/C12H20F3NO3/c13-12(14,15)3-4-16(7-11(18)8-17)6-10-2-1-5-19-9-10/h2,11,17-18H,1,3-9H2/t11-/m0/s1. The van der Waals surface area contributed by atoms with Gasteiger partial charge in [-0.25, -0.2) is 0 Å². The third kappa shape index (κ3) is 7.51. The van der Waals surface area contributed by atoms with Crippen LogP contribution in [0.3, 0.4) is 0 Å². The van der Waals surface area contributed by atoms with E-state index in [-0.39, 0.29) is 13.1 Å². The maximum atomic E-state index is 12.2. The van der Waals surface area contributed by atoms with E-state index in [1.807, 2.05) is 6.08 Å². The van der Waals surface area contributed by atoms with E-state index in [0.29, 0.717) is 19.8 Å². The summed E-state index contributed by atoms with van der Waals surface area (Å²) in [7, 11) is 0. The Labute approximate surface area is 110 Å². The number of aliphatic hydroxyl groups is 2. The lowest BCUT2D eigenvalue weighted by Crippen LogP contribution is -2.38. The summed E-state index contributed by atoms with van der Waals surface area (Å²) < 4.78 is 41.9. The highest BCUT2D eigenvalue weighted by Gasteiger charge is 2.28. The van der Waals surface area contributed by atoms with Gasteiger partial charge >= 0.3 is 6.18 Å². The minimum Gasteiger partial charge on any atom is -0.394 e. The molecule has 0 spiro atoms. The van der Waals surface area contributed by atoms with Crippen molar-refractivity contribution in [2.24, 2.45) is 0 Å². The van der Waals surface area contributed by atoms with Gasteiger partial charge in [0.25, 0.3) is 0 Å². The Morgan fingerprint density at radius 1 is 1.42 bits per heavy atom. The number of nitrogens with zero attached hydrogens (tertiary/aromatic N) is 1. The van der Waals surface area contributed by atoms with Crippen LogP contribution in [0.5, 0.6) is 0 Å². The van der Waals surface area contributed by atoms with Crippen molar-refractivity contribution in [3.63, 3.8) is 0 Å². The first kappa shape index (κ1) is 16.4. The maximum absolute atomic E-state index is 12.2. The lowest BCUT2D eigenvalue weighted by Gasteiger charge is -2.27. The number of ether oxygens (including phenoxy) is 1. The molecule has 0 aromatic carbocycles. The first-order valence-electron chi connectivity index (χ1n) is 6.24. The summed E-state index contributed by atoms with van der Waals surface area (Å²) in [5, 5.41) is 18.1. The molecule has 7 heteroatoms. The first-order chi connectivity index (χ1) is 8.90. The van der Waals surface area contributed by atoms with E-state index in [1.165, 1.54) is 4.90 Å². The average molecular weight is 283 g/mol. The van der Waals surface area contributed by atoms with Crippen molar-refractivity contribution in [2.75, 3.05) is 39.5 Å². The Hall–Kier alpha value is -0.630. The average Bonchev–Trinajstić information content (AvgIpc) is 2.36. The molecule has 0 saturated heterocycles. The Morgan fingerprint density at radius 2 is 2.16 bits per heavy atom. The second-order valence-corrected chi connectivity index (χ2v) is 4.64. The molecule has 1 aliphatic heterocycles. The van der Waals surface area contributed by atoms with E-state index in [0.717, 1.165) is 12.0 Å². The van der Waals surface area contributed by atoms with Crippen LogP contribution in [0.2, 0.25) is 0 Å². The van der Waals surface area contributed by atoms with Crippen molar-refractivity contribution in [1.82, 2.24) is 4.90 Å². The van der Waals surface area contributed by atoms with Crippen LogP contribution in [-0.4, -0.2) is 66.8 Å². The topological polar surface area (TPSA) is 52.9 Å². The molecule has 1 atom stereocenters. The van der Waals surface area contributed by atoms with E-state index in [2.05, 4.69) is 0 Å². The summed E-state index contributed by atoms with van der Waals surface area (Å²) in [4.78, 5) is 1.49. The molecule has 0 radical (unpaired) electrons. The minimum atomic E-state index is -4.22. The minimum absolute atomic E-state index is 0.0178. The van der Waals surface area contributed by atoms with Crippen LogP contribution in [0.4, 0.5) is 13.2 Å². The van der Waals surface area contributed by atoms with Gasteiger partial charge in [-0.3, -0.25) is 4.90 Å². The second kappa shape index (κ2) is 7.84. The predicted octanol–water partition coefficient (Wildman–Crippen LogP) is 0.941. The van der Waals surface area contributed by atoms with Crippen LogP contribution < -0.4 is 0 Å². The molecule has 2 N–H and O–H groups in total. The van der Waals surface area contributed by atoms with E-state index in [4.69, 9.17) is 9.84 Å². The van der Waals surface area contributed by atoms with Crippen LogP contribution in [0, 0.1) is 0 Å². The van der Waals surface area contributed by atoms with E-state index in [9.17, 15) is 18.3 Å². The van der Waals surface area contributed by atoms with Gasteiger partial charge in [-0.15, -0.1) is 0 Å². The zero-order chi connectivity index (χ0) is 14.3. The molecule has 1 heterocycles. The third-order valence-electron chi connectivity index (χ3n) is 2.80. The summed E-state index contributed by atoms with van der Waals surface area (Å²) in [5.41, 5.74) is 0.915. The lowest BCUT2D eigenvalue weighted by molar-refractivity contribution is -0.138. The normalized spacial score (nSPS) is 18.5. The molecule has 0 aliphatic carbocycles. The monoisotopic (exact) mass is 283 g/mol. The number of alkyl halides is 3.